The smallest absolute Gasteiger partial charge is 0.339 e. The number of ether oxygens (including phenoxy) is 1. The van der Waals surface area contributed by atoms with Gasteiger partial charge in [0.2, 0.25) is 0 Å². The Bertz CT molecular complexity index is 585. The molecule has 1 aromatic carbocycles. The van der Waals surface area contributed by atoms with Crippen LogP contribution in [-0.2, 0) is 0 Å². The van der Waals surface area contributed by atoms with Crippen molar-refractivity contribution in [2.45, 2.75) is 25.7 Å². The van der Waals surface area contributed by atoms with Crippen LogP contribution >= 0.6 is 0 Å². The topological polar surface area (TPSA) is 89.7 Å². The lowest BCUT2D eigenvalue weighted by Gasteiger charge is -2.22. The molecule has 0 heterocycles. The van der Waals surface area contributed by atoms with E-state index in [-0.39, 0.29) is 17.0 Å². The van der Waals surface area contributed by atoms with Crippen LogP contribution in [0.25, 0.3) is 0 Å². The molecule has 21 heavy (non-hydrogen) atoms. The highest BCUT2D eigenvalue weighted by molar-refractivity contribution is 5.91. The highest BCUT2D eigenvalue weighted by Crippen LogP contribution is 2.48. The monoisotopic (exact) mass is 291 g/mol. The first kappa shape index (κ1) is 13.9. The number of nitro benzene ring substituents is 1. The fraction of sp³-hybridized carbons (Fsp3) is 0.533. The summed E-state index contributed by atoms with van der Waals surface area (Å²) in [6, 6.07) is 3.72. The Labute approximate surface area is 121 Å². The number of hydrogen-bond donors (Lipinski definition) is 1. The molecule has 2 aliphatic rings. The van der Waals surface area contributed by atoms with Crippen LogP contribution < -0.4 is 4.74 Å². The first-order valence-corrected chi connectivity index (χ1v) is 7.19. The molecule has 0 saturated heterocycles. The van der Waals surface area contributed by atoms with E-state index in [4.69, 9.17) is 9.84 Å². The zero-order chi connectivity index (χ0) is 15.0. The molecular weight excluding hydrogens is 274 g/mol. The lowest BCUT2D eigenvalue weighted by atomic mass is 9.89. The van der Waals surface area contributed by atoms with Crippen LogP contribution in [0.4, 0.5) is 5.69 Å². The number of aromatic carboxylic acids is 1. The number of hydrogen-bond acceptors (Lipinski definition) is 4. The number of carbonyl (C=O) groups is 1. The molecule has 6 nitrogen and oxygen atoms in total. The first-order chi connectivity index (χ1) is 10.0. The molecule has 6 heteroatoms. The minimum atomic E-state index is -1.21. The highest BCUT2D eigenvalue weighted by atomic mass is 16.6. The molecule has 0 aliphatic heterocycles. The van der Waals surface area contributed by atoms with Gasteiger partial charge in [-0.2, -0.15) is 0 Å². The van der Waals surface area contributed by atoms with E-state index in [2.05, 4.69) is 0 Å². The van der Waals surface area contributed by atoms with Crippen molar-refractivity contribution >= 4 is 11.7 Å². The summed E-state index contributed by atoms with van der Waals surface area (Å²) < 4.78 is 5.67. The Morgan fingerprint density at radius 1 is 1.38 bits per heavy atom. The van der Waals surface area contributed by atoms with Gasteiger partial charge in [-0.15, -0.1) is 0 Å². The van der Waals surface area contributed by atoms with E-state index in [0.717, 1.165) is 18.4 Å². The summed E-state index contributed by atoms with van der Waals surface area (Å²) in [6.07, 6.45) is 4.96. The lowest BCUT2D eigenvalue weighted by molar-refractivity contribution is -0.384. The van der Waals surface area contributed by atoms with Crippen molar-refractivity contribution < 1.29 is 19.6 Å². The van der Waals surface area contributed by atoms with Crippen molar-refractivity contribution in [2.24, 2.45) is 17.8 Å². The predicted molar refractivity (Wildman–Crippen MR) is 74.5 cm³/mol. The number of fused-ring (bicyclic) bond motifs is 2. The molecule has 2 saturated carbocycles. The fourth-order valence-electron chi connectivity index (χ4n) is 3.70. The molecule has 2 bridgehead atoms. The van der Waals surface area contributed by atoms with Crippen LogP contribution in [0.1, 0.15) is 36.0 Å². The third kappa shape index (κ3) is 2.70. The van der Waals surface area contributed by atoms with Crippen molar-refractivity contribution in [1.29, 1.82) is 0 Å². The van der Waals surface area contributed by atoms with E-state index in [1.54, 1.807) is 0 Å². The molecule has 0 aromatic heterocycles. The van der Waals surface area contributed by atoms with E-state index in [1.165, 1.54) is 31.4 Å². The van der Waals surface area contributed by atoms with Crippen molar-refractivity contribution in [3.63, 3.8) is 0 Å². The number of carboxylic acids is 1. The molecule has 2 aliphatic carbocycles. The average molecular weight is 291 g/mol. The van der Waals surface area contributed by atoms with E-state index < -0.39 is 10.9 Å². The minimum absolute atomic E-state index is 0.146. The summed E-state index contributed by atoms with van der Waals surface area (Å²) >= 11 is 0. The molecule has 0 amide bonds. The van der Waals surface area contributed by atoms with Crippen molar-refractivity contribution in [1.82, 2.24) is 0 Å². The molecule has 0 radical (unpaired) electrons. The summed E-state index contributed by atoms with van der Waals surface area (Å²) in [5.74, 6) is 0.999. The van der Waals surface area contributed by atoms with Gasteiger partial charge in [0.1, 0.15) is 11.3 Å². The SMILES string of the molecule is O=C(O)c1cc([N+](=O)[O-])ccc1OCC1CC2CCC1C2. The Kier molecular flexibility index (Phi) is 3.53. The first-order valence-electron chi connectivity index (χ1n) is 7.19. The second kappa shape index (κ2) is 5.35. The molecule has 1 N–H and O–H groups in total. The Morgan fingerprint density at radius 3 is 2.76 bits per heavy atom. The van der Waals surface area contributed by atoms with Crippen LogP contribution in [0.5, 0.6) is 5.75 Å². The van der Waals surface area contributed by atoms with Gasteiger partial charge in [-0.05, 0) is 43.1 Å². The van der Waals surface area contributed by atoms with Crippen molar-refractivity contribution in [3.8, 4) is 5.75 Å². The third-order valence-electron chi connectivity index (χ3n) is 4.74. The molecule has 0 spiro atoms. The number of rotatable bonds is 5. The van der Waals surface area contributed by atoms with Gasteiger partial charge >= 0.3 is 5.97 Å². The summed E-state index contributed by atoms with van der Waals surface area (Å²) in [4.78, 5) is 21.3. The zero-order valence-electron chi connectivity index (χ0n) is 11.5. The van der Waals surface area contributed by atoms with Crippen LogP contribution in [-0.4, -0.2) is 22.6 Å². The lowest BCUT2D eigenvalue weighted by Crippen LogP contribution is -2.19. The molecule has 2 fully saturated rings. The molecule has 3 unspecified atom stereocenters. The second-order valence-corrected chi connectivity index (χ2v) is 5.99. The normalized spacial score (nSPS) is 26.8. The van der Waals surface area contributed by atoms with E-state index >= 15 is 0 Å². The van der Waals surface area contributed by atoms with Gasteiger partial charge in [-0.1, -0.05) is 6.42 Å². The minimum Gasteiger partial charge on any atom is -0.492 e. The largest absolute Gasteiger partial charge is 0.492 e. The van der Waals surface area contributed by atoms with Crippen molar-refractivity contribution in [2.75, 3.05) is 6.61 Å². The van der Waals surface area contributed by atoms with Gasteiger partial charge in [-0.25, -0.2) is 4.79 Å². The maximum absolute atomic E-state index is 11.2. The predicted octanol–water partition coefficient (Wildman–Crippen LogP) is 3.11. The summed E-state index contributed by atoms with van der Waals surface area (Å²) in [7, 11) is 0. The van der Waals surface area contributed by atoms with Gasteiger partial charge in [0.25, 0.3) is 5.69 Å². The van der Waals surface area contributed by atoms with Crippen LogP contribution in [0.15, 0.2) is 18.2 Å². The van der Waals surface area contributed by atoms with E-state index in [0.29, 0.717) is 18.4 Å². The van der Waals surface area contributed by atoms with Gasteiger partial charge < -0.3 is 9.84 Å². The number of carboxylic acid groups (broad SMARTS) is 1. The van der Waals surface area contributed by atoms with Gasteiger partial charge in [0, 0.05) is 12.1 Å². The third-order valence-corrected chi connectivity index (χ3v) is 4.74. The van der Waals surface area contributed by atoms with Crippen molar-refractivity contribution in [3.05, 3.63) is 33.9 Å². The molecule has 1 aromatic rings. The Morgan fingerprint density at radius 2 is 2.19 bits per heavy atom. The molecule has 3 atom stereocenters. The van der Waals surface area contributed by atoms with Gasteiger partial charge in [-0.3, -0.25) is 10.1 Å². The fourth-order valence-corrected chi connectivity index (χ4v) is 3.70. The summed E-state index contributed by atoms with van der Waals surface area (Å²) in [5.41, 5.74) is -0.382. The van der Waals surface area contributed by atoms with Crippen LogP contribution in [0, 0.1) is 27.9 Å². The van der Waals surface area contributed by atoms with Gasteiger partial charge in [0.15, 0.2) is 0 Å². The maximum Gasteiger partial charge on any atom is 0.339 e. The summed E-state index contributed by atoms with van der Waals surface area (Å²) in [5, 5.41) is 19.9. The average Bonchev–Trinajstić information content (AvgIpc) is 3.07. The number of nitrogens with zero attached hydrogens (tertiary/aromatic N) is 1. The van der Waals surface area contributed by atoms with Crippen LogP contribution in [0.3, 0.4) is 0 Å². The Balaban J connectivity index is 1.72. The molecule has 3 rings (SSSR count). The quantitative estimate of drug-likeness (QED) is 0.665. The highest BCUT2D eigenvalue weighted by Gasteiger charge is 2.39. The summed E-state index contributed by atoms with van der Waals surface area (Å²) in [6.45, 7) is 0.499. The van der Waals surface area contributed by atoms with Crippen LogP contribution in [0.2, 0.25) is 0 Å². The zero-order valence-corrected chi connectivity index (χ0v) is 11.5. The van der Waals surface area contributed by atoms with E-state index in [1.807, 2.05) is 0 Å². The number of nitro groups is 1. The number of non-ortho nitro benzene ring substituents is 1. The standard InChI is InChI=1S/C15H17NO5/c17-15(18)13-7-12(16(19)20)3-4-14(13)21-8-11-6-9-1-2-10(11)5-9/h3-4,7,9-11H,1-2,5-6,8H2,(H,17,18). The maximum atomic E-state index is 11.2. The van der Waals surface area contributed by atoms with E-state index in [9.17, 15) is 14.9 Å². The number of benzene rings is 1. The van der Waals surface area contributed by atoms with Gasteiger partial charge in [0.05, 0.1) is 11.5 Å². The Hall–Kier alpha value is -2.11. The molecule has 112 valence electrons. The second-order valence-electron chi connectivity index (χ2n) is 5.99. The molecular formula is C15H17NO5.